The fourth-order valence-corrected chi connectivity index (χ4v) is 3.06. The van der Waals surface area contributed by atoms with Crippen molar-refractivity contribution in [2.75, 3.05) is 17.2 Å². The summed E-state index contributed by atoms with van der Waals surface area (Å²) in [6, 6.07) is 4.12. The standard InChI is InChI=1S/C15H18N4OS/c1-3-11-7-12-13(17-8-10-5-6-20-9-10)18-15(16-4-2)19-14(12)21-11/h5-7,9H,3-4,8H2,1-2H3,(H2,16,17,18,19). The Morgan fingerprint density at radius 3 is 2.86 bits per heavy atom. The van der Waals surface area contributed by atoms with E-state index in [2.05, 4.69) is 33.6 Å². The van der Waals surface area contributed by atoms with E-state index in [0.29, 0.717) is 12.5 Å². The van der Waals surface area contributed by atoms with Crippen molar-refractivity contribution in [3.8, 4) is 0 Å². The zero-order valence-corrected chi connectivity index (χ0v) is 13.0. The first-order valence-corrected chi connectivity index (χ1v) is 7.91. The molecule has 0 aliphatic heterocycles. The van der Waals surface area contributed by atoms with Crippen molar-refractivity contribution < 1.29 is 4.42 Å². The van der Waals surface area contributed by atoms with Crippen molar-refractivity contribution >= 4 is 33.3 Å². The minimum atomic E-state index is 0.671. The van der Waals surface area contributed by atoms with Crippen LogP contribution in [0.1, 0.15) is 24.3 Å². The Labute approximate surface area is 127 Å². The topological polar surface area (TPSA) is 63.0 Å². The molecule has 3 heterocycles. The molecule has 6 heteroatoms. The largest absolute Gasteiger partial charge is 0.472 e. The van der Waals surface area contributed by atoms with Crippen LogP contribution in [0, 0.1) is 0 Å². The summed E-state index contributed by atoms with van der Waals surface area (Å²) in [7, 11) is 0. The van der Waals surface area contributed by atoms with Crippen molar-refractivity contribution in [2.24, 2.45) is 0 Å². The molecular formula is C15H18N4OS. The average molecular weight is 302 g/mol. The Balaban J connectivity index is 1.94. The summed E-state index contributed by atoms with van der Waals surface area (Å²) in [5, 5.41) is 7.65. The highest BCUT2D eigenvalue weighted by molar-refractivity contribution is 7.18. The van der Waals surface area contributed by atoms with Gasteiger partial charge in [-0.15, -0.1) is 11.3 Å². The highest BCUT2D eigenvalue weighted by Gasteiger charge is 2.11. The second kappa shape index (κ2) is 6.13. The van der Waals surface area contributed by atoms with E-state index in [1.165, 1.54) is 4.88 Å². The maximum absolute atomic E-state index is 5.09. The number of nitrogens with zero attached hydrogens (tertiary/aromatic N) is 2. The second-order valence-electron chi connectivity index (χ2n) is 4.70. The van der Waals surface area contributed by atoms with Gasteiger partial charge in [0.25, 0.3) is 0 Å². The monoisotopic (exact) mass is 302 g/mol. The van der Waals surface area contributed by atoms with Crippen LogP contribution >= 0.6 is 11.3 Å². The van der Waals surface area contributed by atoms with Gasteiger partial charge in [0, 0.05) is 23.5 Å². The number of anilines is 2. The fraction of sp³-hybridized carbons (Fsp3) is 0.333. The van der Waals surface area contributed by atoms with Gasteiger partial charge in [0.1, 0.15) is 10.6 Å². The molecule has 110 valence electrons. The van der Waals surface area contributed by atoms with Crippen LogP contribution < -0.4 is 10.6 Å². The number of nitrogens with one attached hydrogen (secondary N) is 2. The molecule has 3 aromatic rings. The summed E-state index contributed by atoms with van der Waals surface area (Å²) in [6.45, 7) is 5.68. The normalized spacial score (nSPS) is 11.0. The van der Waals surface area contributed by atoms with Crippen LogP contribution in [0.15, 0.2) is 29.1 Å². The lowest BCUT2D eigenvalue weighted by molar-refractivity contribution is 0.564. The molecule has 0 unspecified atom stereocenters. The van der Waals surface area contributed by atoms with Crippen LogP contribution in [0.2, 0.25) is 0 Å². The van der Waals surface area contributed by atoms with Gasteiger partial charge in [-0.05, 0) is 25.5 Å². The first-order chi connectivity index (χ1) is 10.3. The van der Waals surface area contributed by atoms with E-state index in [0.717, 1.165) is 34.6 Å². The van der Waals surface area contributed by atoms with Crippen LogP contribution in [0.4, 0.5) is 11.8 Å². The Morgan fingerprint density at radius 1 is 1.24 bits per heavy atom. The zero-order chi connectivity index (χ0) is 14.7. The van der Waals surface area contributed by atoms with Gasteiger partial charge in [-0.2, -0.15) is 4.98 Å². The van der Waals surface area contributed by atoms with Crippen LogP contribution in [-0.2, 0) is 13.0 Å². The highest BCUT2D eigenvalue weighted by Crippen LogP contribution is 2.30. The molecule has 0 saturated heterocycles. The van der Waals surface area contributed by atoms with E-state index < -0.39 is 0 Å². The fourth-order valence-electron chi connectivity index (χ4n) is 2.10. The second-order valence-corrected chi connectivity index (χ2v) is 5.81. The third-order valence-corrected chi connectivity index (χ3v) is 4.34. The first kappa shape index (κ1) is 13.9. The number of hydrogen-bond donors (Lipinski definition) is 2. The average Bonchev–Trinajstić information content (AvgIpc) is 3.14. The van der Waals surface area contributed by atoms with Gasteiger partial charge in [-0.1, -0.05) is 6.92 Å². The summed E-state index contributed by atoms with van der Waals surface area (Å²) in [4.78, 5) is 11.5. The smallest absolute Gasteiger partial charge is 0.226 e. The molecule has 5 nitrogen and oxygen atoms in total. The molecule has 0 aliphatic rings. The summed E-state index contributed by atoms with van der Waals surface area (Å²) >= 11 is 1.73. The minimum Gasteiger partial charge on any atom is -0.472 e. The minimum absolute atomic E-state index is 0.671. The van der Waals surface area contributed by atoms with E-state index in [1.54, 1.807) is 23.9 Å². The number of aryl methyl sites for hydroxylation is 1. The van der Waals surface area contributed by atoms with Gasteiger partial charge in [-0.25, -0.2) is 4.98 Å². The van der Waals surface area contributed by atoms with Gasteiger partial charge >= 0.3 is 0 Å². The number of thiophene rings is 1. The van der Waals surface area contributed by atoms with Crippen molar-refractivity contribution in [2.45, 2.75) is 26.8 Å². The number of hydrogen-bond acceptors (Lipinski definition) is 6. The van der Waals surface area contributed by atoms with Crippen molar-refractivity contribution in [1.29, 1.82) is 0 Å². The quantitative estimate of drug-likeness (QED) is 0.723. The van der Waals surface area contributed by atoms with E-state index in [9.17, 15) is 0 Å². The Hall–Kier alpha value is -2.08. The molecule has 3 aromatic heterocycles. The van der Waals surface area contributed by atoms with E-state index in [-0.39, 0.29) is 0 Å². The molecule has 0 aromatic carbocycles. The van der Waals surface area contributed by atoms with Gasteiger partial charge in [-0.3, -0.25) is 0 Å². The SMILES string of the molecule is CCNc1nc(NCc2ccoc2)c2cc(CC)sc2n1. The molecule has 0 atom stereocenters. The third kappa shape index (κ3) is 3.00. The molecule has 0 radical (unpaired) electrons. The predicted octanol–water partition coefficient (Wildman–Crippen LogP) is 3.89. The van der Waals surface area contributed by atoms with Crippen molar-refractivity contribution in [1.82, 2.24) is 9.97 Å². The molecule has 0 aliphatic carbocycles. The lowest BCUT2D eigenvalue weighted by atomic mass is 10.3. The molecule has 0 bridgehead atoms. The molecule has 0 spiro atoms. The zero-order valence-electron chi connectivity index (χ0n) is 12.1. The molecular weight excluding hydrogens is 284 g/mol. The van der Waals surface area contributed by atoms with Gasteiger partial charge in [0.05, 0.1) is 17.9 Å². The number of furan rings is 1. The van der Waals surface area contributed by atoms with Crippen LogP contribution in [0.3, 0.4) is 0 Å². The van der Waals surface area contributed by atoms with Gasteiger partial charge in [0.15, 0.2) is 0 Å². The van der Waals surface area contributed by atoms with Gasteiger partial charge < -0.3 is 15.1 Å². The molecule has 0 fully saturated rings. The summed E-state index contributed by atoms with van der Waals surface area (Å²) < 4.78 is 5.09. The number of rotatable bonds is 6. The third-order valence-electron chi connectivity index (χ3n) is 3.17. The lowest BCUT2D eigenvalue weighted by Gasteiger charge is -2.08. The maximum atomic E-state index is 5.09. The van der Waals surface area contributed by atoms with E-state index in [1.807, 2.05) is 13.0 Å². The van der Waals surface area contributed by atoms with E-state index in [4.69, 9.17) is 4.42 Å². The summed E-state index contributed by atoms with van der Waals surface area (Å²) in [6.07, 6.45) is 4.43. The number of aromatic nitrogens is 2. The summed E-state index contributed by atoms with van der Waals surface area (Å²) in [5.74, 6) is 1.54. The lowest BCUT2D eigenvalue weighted by Crippen LogP contribution is -2.06. The first-order valence-electron chi connectivity index (χ1n) is 7.09. The van der Waals surface area contributed by atoms with Gasteiger partial charge in [0.2, 0.25) is 5.95 Å². The van der Waals surface area contributed by atoms with E-state index >= 15 is 0 Å². The van der Waals surface area contributed by atoms with Crippen LogP contribution in [0.25, 0.3) is 10.2 Å². The Kier molecular flexibility index (Phi) is 4.06. The predicted molar refractivity (Wildman–Crippen MR) is 87.0 cm³/mol. The molecule has 3 rings (SSSR count). The molecule has 0 amide bonds. The molecule has 2 N–H and O–H groups in total. The van der Waals surface area contributed by atoms with Crippen molar-refractivity contribution in [3.05, 3.63) is 35.1 Å². The Bertz CT molecular complexity index is 721. The molecule has 0 saturated carbocycles. The Morgan fingerprint density at radius 2 is 2.14 bits per heavy atom. The number of fused-ring (bicyclic) bond motifs is 1. The van der Waals surface area contributed by atoms with Crippen LogP contribution in [0.5, 0.6) is 0 Å². The van der Waals surface area contributed by atoms with Crippen LogP contribution in [-0.4, -0.2) is 16.5 Å². The maximum Gasteiger partial charge on any atom is 0.226 e. The highest BCUT2D eigenvalue weighted by atomic mass is 32.1. The summed E-state index contributed by atoms with van der Waals surface area (Å²) in [5.41, 5.74) is 1.10. The molecule has 21 heavy (non-hydrogen) atoms. The van der Waals surface area contributed by atoms with Crippen molar-refractivity contribution in [3.63, 3.8) is 0 Å².